The molecule has 0 bridgehead atoms. The van der Waals surface area contributed by atoms with Crippen LogP contribution in [0.15, 0.2) is 36.5 Å². The van der Waals surface area contributed by atoms with Gasteiger partial charge in [0.25, 0.3) is 0 Å². The summed E-state index contributed by atoms with van der Waals surface area (Å²) in [6, 6.07) is 0. The highest BCUT2D eigenvalue weighted by Gasteiger charge is 2.52. The summed E-state index contributed by atoms with van der Waals surface area (Å²) in [6.07, 6.45) is 1.71. The number of aliphatic hydroxyl groups is 1. The van der Waals surface area contributed by atoms with E-state index in [1.54, 1.807) is 0 Å². The number of rotatable bonds is 0. The Morgan fingerprint density at radius 3 is 2.67 bits per heavy atom. The molecule has 3 heteroatoms. The first kappa shape index (κ1) is 11.7. The molecule has 5 unspecified atom stereocenters. The Labute approximate surface area is 107 Å². The summed E-state index contributed by atoms with van der Waals surface area (Å²) in [6.45, 7) is 12.0. The fraction of sp³-hybridized carbons (Fsp3) is 0.533. The van der Waals surface area contributed by atoms with Crippen molar-refractivity contribution >= 4 is 5.97 Å². The molecule has 3 fully saturated rings. The van der Waals surface area contributed by atoms with Crippen molar-refractivity contribution in [1.82, 2.24) is 0 Å². The van der Waals surface area contributed by atoms with Gasteiger partial charge in [0.1, 0.15) is 6.10 Å². The molecule has 3 rings (SSSR count). The third-order valence-electron chi connectivity index (χ3n) is 4.77. The molecule has 0 amide bonds. The van der Waals surface area contributed by atoms with Gasteiger partial charge in [-0.1, -0.05) is 25.3 Å². The number of ether oxygens (including phenoxy) is 1. The molecule has 1 N–H and O–H groups in total. The van der Waals surface area contributed by atoms with E-state index in [-0.39, 0.29) is 29.8 Å². The predicted molar refractivity (Wildman–Crippen MR) is 67.6 cm³/mol. The first-order chi connectivity index (χ1) is 8.50. The lowest BCUT2D eigenvalue weighted by molar-refractivity contribution is -0.141. The molecular formula is C15H18O3. The molecule has 96 valence electrons. The molecule has 2 aliphatic carbocycles. The van der Waals surface area contributed by atoms with Gasteiger partial charge in [0.05, 0.1) is 6.10 Å². The molecule has 18 heavy (non-hydrogen) atoms. The molecule has 1 saturated heterocycles. The standard InChI is InChI=1S/C15H18O3/c1-7-4-5-10-8(2)15(17)18-14(10)13-9(3)12(16)6-11(7)13/h10-14,16H,1-6H2. The third kappa shape index (κ3) is 1.43. The summed E-state index contributed by atoms with van der Waals surface area (Å²) in [5.74, 6) is -0.0128. The van der Waals surface area contributed by atoms with E-state index in [0.717, 1.165) is 24.0 Å². The number of esters is 1. The monoisotopic (exact) mass is 246 g/mol. The minimum Gasteiger partial charge on any atom is -0.458 e. The first-order valence-corrected chi connectivity index (χ1v) is 6.45. The summed E-state index contributed by atoms with van der Waals surface area (Å²) >= 11 is 0. The molecule has 0 radical (unpaired) electrons. The van der Waals surface area contributed by atoms with E-state index >= 15 is 0 Å². The highest BCUT2D eigenvalue weighted by molar-refractivity contribution is 5.91. The van der Waals surface area contributed by atoms with Crippen LogP contribution < -0.4 is 0 Å². The van der Waals surface area contributed by atoms with Crippen molar-refractivity contribution in [3.8, 4) is 0 Å². The van der Waals surface area contributed by atoms with E-state index < -0.39 is 6.10 Å². The van der Waals surface area contributed by atoms with Crippen molar-refractivity contribution in [2.24, 2.45) is 17.8 Å². The number of carbonyl (C=O) groups excluding carboxylic acids is 1. The zero-order valence-corrected chi connectivity index (χ0v) is 10.4. The zero-order valence-electron chi connectivity index (χ0n) is 10.4. The van der Waals surface area contributed by atoms with E-state index in [9.17, 15) is 9.90 Å². The van der Waals surface area contributed by atoms with E-state index in [1.807, 2.05) is 0 Å². The van der Waals surface area contributed by atoms with Gasteiger partial charge in [-0.05, 0) is 30.8 Å². The molecule has 5 atom stereocenters. The Hall–Kier alpha value is -1.35. The third-order valence-corrected chi connectivity index (χ3v) is 4.77. The van der Waals surface area contributed by atoms with Crippen LogP contribution in [0.4, 0.5) is 0 Å². The normalized spacial score (nSPS) is 43.5. The molecule has 0 spiro atoms. The van der Waals surface area contributed by atoms with E-state index in [2.05, 4.69) is 19.7 Å². The number of hydrogen-bond donors (Lipinski definition) is 1. The average molecular weight is 246 g/mol. The van der Waals surface area contributed by atoms with Crippen LogP contribution in [0.2, 0.25) is 0 Å². The fourth-order valence-corrected chi connectivity index (χ4v) is 3.70. The molecular weight excluding hydrogens is 228 g/mol. The van der Waals surface area contributed by atoms with Gasteiger partial charge in [-0.2, -0.15) is 0 Å². The Balaban J connectivity index is 2.01. The minimum absolute atomic E-state index is 0.0169. The molecule has 0 aromatic rings. The van der Waals surface area contributed by atoms with Gasteiger partial charge in [0, 0.05) is 17.4 Å². The number of carbonyl (C=O) groups is 1. The van der Waals surface area contributed by atoms with Crippen LogP contribution in [0.3, 0.4) is 0 Å². The van der Waals surface area contributed by atoms with Crippen LogP contribution in [0, 0.1) is 17.8 Å². The molecule has 0 aromatic carbocycles. The smallest absolute Gasteiger partial charge is 0.334 e. The van der Waals surface area contributed by atoms with Crippen molar-refractivity contribution in [2.75, 3.05) is 0 Å². The van der Waals surface area contributed by atoms with Crippen LogP contribution in [0.25, 0.3) is 0 Å². The Morgan fingerprint density at radius 1 is 1.22 bits per heavy atom. The van der Waals surface area contributed by atoms with Crippen molar-refractivity contribution in [1.29, 1.82) is 0 Å². The van der Waals surface area contributed by atoms with Crippen molar-refractivity contribution in [3.63, 3.8) is 0 Å². The number of fused-ring (bicyclic) bond motifs is 3. The van der Waals surface area contributed by atoms with E-state index in [0.29, 0.717) is 12.0 Å². The lowest BCUT2D eigenvalue weighted by Crippen LogP contribution is -2.29. The second-order valence-electron chi connectivity index (χ2n) is 5.66. The summed E-state index contributed by atoms with van der Waals surface area (Å²) in [5.41, 5.74) is 2.51. The summed E-state index contributed by atoms with van der Waals surface area (Å²) in [4.78, 5) is 11.7. The summed E-state index contributed by atoms with van der Waals surface area (Å²) < 4.78 is 5.49. The van der Waals surface area contributed by atoms with Gasteiger partial charge < -0.3 is 9.84 Å². The van der Waals surface area contributed by atoms with Crippen molar-refractivity contribution in [3.05, 3.63) is 36.5 Å². The second kappa shape index (κ2) is 3.82. The lowest BCUT2D eigenvalue weighted by atomic mass is 9.82. The zero-order chi connectivity index (χ0) is 13.0. The maximum atomic E-state index is 11.7. The SMILES string of the molecule is C=C1C(=O)OC2C1CCC(=C)C1CC(O)C(=C)C12. The highest BCUT2D eigenvalue weighted by Crippen LogP contribution is 2.51. The molecule has 2 saturated carbocycles. The minimum atomic E-state index is -0.497. The molecule has 3 nitrogen and oxygen atoms in total. The van der Waals surface area contributed by atoms with Crippen molar-refractivity contribution < 1.29 is 14.6 Å². The topological polar surface area (TPSA) is 46.5 Å². The maximum Gasteiger partial charge on any atom is 0.334 e. The first-order valence-electron chi connectivity index (χ1n) is 6.45. The van der Waals surface area contributed by atoms with Crippen LogP contribution in [-0.2, 0) is 9.53 Å². The van der Waals surface area contributed by atoms with Gasteiger partial charge in [-0.25, -0.2) is 4.79 Å². The van der Waals surface area contributed by atoms with Crippen molar-refractivity contribution in [2.45, 2.75) is 31.5 Å². The molecule has 0 aromatic heterocycles. The van der Waals surface area contributed by atoms with Crippen LogP contribution in [0.5, 0.6) is 0 Å². The Bertz CT molecular complexity index is 462. The van der Waals surface area contributed by atoms with Gasteiger partial charge in [-0.3, -0.25) is 0 Å². The summed E-state index contributed by atoms with van der Waals surface area (Å²) in [5, 5.41) is 9.99. The van der Waals surface area contributed by atoms with Gasteiger partial charge >= 0.3 is 5.97 Å². The van der Waals surface area contributed by atoms with E-state index in [4.69, 9.17) is 4.74 Å². The van der Waals surface area contributed by atoms with Gasteiger partial charge in [0.15, 0.2) is 0 Å². The highest BCUT2D eigenvalue weighted by atomic mass is 16.6. The molecule has 1 heterocycles. The van der Waals surface area contributed by atoms with Gasteiger partial charge in [-0.15, -0.1) is 0 Å². The second-order valence-corrected chi connectivity index (χ2v) is 5.66. The maximum absolute atomic E-state index is 11.7. The summed E-state index contributed by atoms with van der Waals surface area (Å²) in [7, 11) is 0. The predicted octanol–water partition coefficient (Wildman–Crippen LogP) is 1.99. The molecule has 3 aliphatic rings. The lowest BCUT2D eigenvalue weighted by Gasteiger charge is -2.25. The quantitative estimate of drug-likeness (QED) is 0.404. The Kier molecular flexibility index (Phi) is 2.49. The number of aliphatic hydroxyl groups excluding tert-OH is 1. The Morgan fingerprint density at radius 2 is 1.94 bits per heavy atom. The van der Waals surface area contributed by atoms with E-state index in [1.165, 1.54) is 0 Å². The van der Waals surface area contributed by atoms with Crippen LogP contribution in [-0.4, -0.2) is 23.3 Å². The van der Waals surface area contributed by atoms with Gasteiger partial charge in [0.2, 0.25) is 0 Å². The molecule has 1 aliphatic heterocycles. The van der Waals surface area contributed by atoms with Crippen LogP contribution in [0.1, 0.15) is 19.3 Å². The number of allylic oxidation sites excluding steroid dienone is 1. The largest absolute Gasteiger partial charge is 0.458 e. The van der Waals surface area contributed by atoms with Crippen LogP contribution >= 0.6 is 0 Å². The average Bonchev–Trinajstić information content (AvgIpc) is 2.72. The fourth-order valence-electron chi connectivity index (χ4n) is 3.70. The number of hydrogen-bond acceptors (Lipinski definition) is 3.